The molecule has 0 amide bonds. The largest absolute Gasteiger partial charge is 0.453 e. The van der Waals surface area contributed by atoms with E-state index in [1.54, 1.807) is 0 Å². The molecule has 62 valence electrons. The minimum atomic E-state index is 0.259. The Morgan fingerprint density at radius 3 is 1.75 bits per heavy atom. The van der Waals surface area contributed by atoms with Crippen molar-refractivity contribution < 1.29 is 18.9 Å². The zero-order valence-electron chi connectivity index (χ0n) is 6.20. The first-order chi connectivity index (χ1) is 5.95. The van der Waals surface area contributed by atoms with Gasteiger partial charge >= 0.3 is 0 Å². The molecule has 4 heteroatoms. The summed E-state index contributed by atoms with van der Waals surface area (Å²) in [6, 6.07) is 3.63. The van der Waals surface area contributed by atoms with Crippen molar-refractivity contribution in [2.45, 2.75) is 0 Å². The van der Waals surface area contributed by atoms with Gasteiger partial charge in [0.25, 0.3) is 0 Å². The number of ether oxygens (including phenoxy) is 4. The Kier molecular flexibility index (Phi) is 0.983. The first-order valence-electron chi connectivity index (χ1n) is 3.63. The maximum absolute atomic E-state index is 5.21. The van der Waals surface area contributed by atoms with Crippen LogP contribution in [0.5, 0.6) is 23.0 Å². The molecule has 0 radical (unpaired) electrons. The third-order valence-corrected chi connectivity index (χ3v) is 1.88. The van der Waals surface area contributed by atoms with Crippen molar-refractivity contribution in [1.29, 1.82) is 0 Å². The van der Waals surface area contributed by atoms with Crippen LogP contribution in [0.1, 0.15) is 0 Å². The molecule has 12 heavy (non-hydrogen) atoms. The molecule has 0 fully saturated rings. The van der Waals surface area contributed by atoms with Gasteiger partial charge in [0.2, 0.25) is 25.1 Å². The van der Waals surface area contributed by atoms with Crippen molar-refractivity contribution >= 4 is 0 Å². The molecule has 0 aromatic heterocycles. The zero-order chi connectivity index (χ0) is 7.97. The monoisotopic (exact) mass is 166 g/mol. The van der Waals surface area contributed by atoms with E-state index in [4.69, 9.17) is 18.9 Å². The van der Waals surface area contributed by atoms with Crippen LogP contribution in [-0.2, 0) is 0 Å². The van der Waals surface area contributed by atoms with Gasteiger partial charge in [-0.25, -0.2) is 0 Å². The molecular formula is C8H6O4. The Morgan fingerprint density at radius 1 is 0.750 bits per heavy atom. The fraction of sp³-hybridized carbons (Fsp3) is 0.250. The summed E-state index contributed by atoms with van der Waals surface area (Å²) < 4.78 is 20.8. The molecule has 0 N–H and O–H groups in total. The fourth-order valence-electron chi connectivity index (χ4n) is 1.33. The van der Waals surface area contributed by atoms with E-state index < -0.39 is 0 Å². The van der Waals surface area contributed by atoms with Gasteiger partial charge in [0.1, 0.15) is 0 Å². The van der Waals surface area contributed by atoms with Crippen molar-refractivity contribution in [3.63, 3.8) is 0 Å². The normalized spacial score (nSPS) is 16.7. The van der Waals surface area contributed by atoms with Crippen LogP contribution in [0.15, 0.2) is 12.1 Å². The van der Waals surface area contributed by atoms with E-state index in [1.807, 2.05) is 12.1 Å². The molecule has 0 aliphatic carbocycles. The number of hydrogen-bond donors (Lipinski definition) is 0. The molecule has 1 aromatic carbocycles. The average molecular weight is 166 g/mol. The van der Waals surface area contributed by atoms with Gasteiger partial charge in [0, 0.05) is 0 Å². The van der Waals surface area contributed by atoms with Crippen LogP contribution in [-0.4, -0.2) is 13.6 Å². The quantitative estimate of drug-likeness (QED) is 0.579. The highest BCUT2D eigenvalue weighted by molar-refractivity contribution is 5.60. The lowest BCUT2D eigenvalue weighted by Gasteiger charge is -1.99. The molecule has 3 rings (SSSR count). The number of fused-ring (bicyclic) bond motifs is 3. The Morgan fingerprint density at radius 2 is 1.25 bits per heavy atom. The van der Waals surface area contributed by atoms with Crippen LogP contribution < -0.4 is 18.9 Å². The van der Waals surface area contributed by atoms with E-state index >= 15 is 0 Å². The minimum absolute atomic E-state index is 0.259. The molecule has 2 heterocycles. The lowest BCUT2D eigenvalue weighted by Crippen LogP contribution is -1.95. The van der Waals surface area contributed by atoms with E-state index in [1.165, 1.54) is 0 Å². The maximum Gasteiger partial charge on any atom is 0.231 e. The summed E-state index contributed by atoms with van der Waals surface area (Å²) in [4.78, 5) is 0. The van der Waals surface area contributed by atoms with Crippen molar-refractivity contribution in [3.05, 3.63) is 12.1 Å². The van der Waals surface area contributed by atoms with Gasteiger partial charge in [-0.05, 0) is 12.1 Å². The van der Waals surface area contributed by atoms with Crippen LogP contribution >= 0.6 is 0 Å². The van der Waals surface area contributed by atoms with Gasteiger partial charge < -0.3 is 18.9 Å². The molecule has 0 spiro atoms. The van der Waals surface area contributed by atoms with Gasteiger partial charge in [0.15, 0.2) is 11.5 Å². The van der Waals surface area contributed by atoms with E-state index in [0.717, 1.165) is 11.5 Å². The van der Waals surface area contributed by atoms with Crippen molar-refractivity contribution in [2.24, 2.45) is 0 Å². The van der Waals surface area contributed by atoms with Crippen molar-refractivity contribution in [3.8, 4) is 23.0 Å². The summed E-state index contributed by atoms with van der Waals surface area (Å²) in [6.45, 7) is 0.518. The van der Waals surface area contributed by atoms with Gasteiger partial charge in [-0.3, -0.25) is 0 Å². The van der Waals surface area contributed by atoms with Gasteiger partial charge in [-0.15, -0.1) is 0 Å². The van der Waals surface area contributed by atoms with Gasteiger partial charge in [-0.1, -0.05) is 0 Å². The summed E-state index contributed by atoms with van der Waals surface area (Å²) >= 11 is 0. The van der Waals surface area contributed by atoms with E-state index in [2.05, 4.69) is 0 Å². The highest BCUT2D eigenvalue weighted by Gasteiger charge is 2.26. The predicted octanol–water partition coefficient (Wildman–Crippen LogP) is 1.14. The van der Waals surface area contributed by atoms with Crippen LogP contribution in [0, 0.1) is 0 Å². The van der Waals surface area contributed by atoms with Crippen LogP contribution in [0.2, 0.25) is 0 Å². The SMILES string of the molecule is c1cc2c(c3c1OCO3)OCO2. The topological polar surface area (TPSA) is 36.9 Å². The fourth-order valence-corrected chi connectivity index (χ4v) is 1.33. The molecule has 0 unspecified atom stereocenters. The summed E-state index contributed by atoms with van der Waals surface area (Å²) in [5.41, 5.74) is 0. The third-order valence-electron chi connectivity index (χ3n) is 1.88. The number of rotatable bonds is 0. The van der Waals surface area contributed by atoms with Gasteiger partial charge in [-0.2, -0.15) is 0 Å². The molecular weight excluding hydrogens is 160 g/mol. The second-order valence-electron chi connectivity index (χ2n) is 2.53. The van der Waals surface area contributed by atoms with Gasteiger partial charge in [0.05, 0.1) is 0 Å². The Hall–Kier alpha value is -1.58. The summed E-state index contributed by atoms with van der Waals surface area (Å²) in [6.07, 6.45) is 0. The predicted molar refractivity (Wildman–Crippen MR) is 38.7 cm³/mol. The van der Waals surface area contributed by atoms with Crippen molar-refractivity contribution in [2.75, 3.05) is 13.6 Å². The van der Waals surface area contributed by atoms with E-state index in [0.29, 0.717) is 11.5 Å². The summed E-state index contributed by atoms with van der Waals surface area (Å²) in [7, 11) is 0. The molecule has 0 bridgehead atoms. The molecule has 2 aliphatic heterocycles. The average Bonchev–Trinajstić information content (AvgIpc) is 2.71. The Balaban J connectivity index is 2.24. The number of benzene rings is 1. The molecule has 0 saturated carbocycles. The highest BCUT2D eigenvalue weighted by atomic mass is 16.7. The second kappa shape index (κ2) is 1.97. The molecule has 0 atom stereocenters. The number of hydrogen-bond acceptors (Lipinski definition) is 4. The second-order valence-corrected chi connectivity index (χ2v) is 2.53. The van der Waals surface area contributed by atoms with Crippen LogP contribution in [0.3, 0.4) is 0 Å². The summed E-state index contributed by atoms with van der Waals surface area (Å²) in [5, 5.41) is 0. The minimum Gasteiger partial charge on any atom is -0.453 e. The van der Waals surface area contributed by atoms with Crippen molar-refractivity contribution in [1.82, 2.24) is 0 Å². The smallest absolute Gasteiger partial charge is 0.231 e. The molecule has 0 saturated heterocycles. The highest BCUT2D eigenvalue weighted by Crippen LogP contribution is 2.48. The first-order valence-corrected chi connectivity index (χ1v) is 3.63. The van der Waals surface area contributed by atoms with E-state index in [9.17, 15) is 0 Å². The third kappa shape index (κ3) is 0.617. The zero-order valence-corrected chi connectivity index (χ0v) is 6.20. The first kappa shape index (κ1) is 5.99. The molecule has 2 aliphatic rings. The summed E-state index contributed by atoms with van der Waals surface area (Å²) in [5.74, 6) is 2.76. The lowest BCUT2D eigenvalue weighted by molar-refractivity contribution is 0.157. The Labute approximate surface area is 68.6 Å². The standard InChI is InChI=1S/C8H6O4/c1-2-6-8(12-4-10-6)7-5(1)9-3-11-7/h1-2H,3-4H2. The molecule has 4 nitrogen and oxygen atoms in total. The van der Waals surface area contributed by atoms with Crippen LogP contribution in [0.4, 0.5) is 0 Å². The Bertz CT molecular complexity index is 301. The molecule has 1 aromatic rings. The lowest BCUT2D eigenvalue weighted by atomic mass is 10.3. The van der Waals surface area contributed by atoms with Crippen LogP contribution in [0.25, 0.3) is 0 Å². The maximum atomic E-state index is 5.21. The van der Waals surface area contributed by atoms with E-state index in [-0.39, 0.29) is 13.6 Å².